The maximum atomic E-state index is 12.6. The summed E-state index contributed by atoms with van der Waals surface area (Å²) < 4.78 is 37.9. The maximum absolute atomic E-state index is 12.6. The molecule has 0 amide bonds. The third-order valence-corrected chi connectivity index (χ3v) is 2.52. The second-order valence-corrected chi connectivity index (χ2v) is 4.14. The van der Waals surface area contributed by atoms with E-state index in [1.807, 2.05) is 0 Å². The molecule has 2 rings (SSSR count). The molecule has 2 aromatic heterocycles. The van der Waals surface area contributed by atoms with Crippen molar-refractivity contribution in [3.63, 3.8) is 0 Å². The Morgan fingerprint density at radius 3 is 2.44 bits per heavy atom. The Hall–Kier alpha value is -1.62. The van der Waals surface area contributed by atoms with E-state index in [0.717, 1.165) is 17.8 Å². The third-order valence-electron chi connectivity index (χ3n) is 2.33. The van der Waals surface area contributed by atoms with Gasteiger partial charge in [-0.1, -0.05) is 11.6 Å². The van der Waals surface area contributed by atoms with Crippen LogP contribution in [0.4, 0.5) is 13.2 Å². The number of aromatic nitrogens is 2. The lowest BCUT2D eigenvalue weighted by molar-refractivity contribution is -0.137. The highest BCUT2D eigenvalue weighted by molar-refractivity contribution is 6.29. The van der Waals surface area contributed by atoms with Crippen LogP contribution in [-0.2, 0) is 6.18 Å². The number of halogens is 4. The minimum absolute atomic E-state index is 0.155. The highest BCUT2D eigenvalue weighted by atomic mass is 35.5. The van der Waals surface area contributed by atoms with E-state index < -0.39 is 11.7 Å². The Balaban J connectivity index is 2.52. The van der Waals surface area contributed by atoms with Crippen LogP contribution in [0.5, 0.6) is 0 Å². The van der Waals surface area contributed by atoms with Crippen molar-refractivity contribution in [1.82, 2.24) is 9.97 Å². The molecule has 2 aromatic rings. The molecule has 6 heteroatoms. The van der Waals surface area contributed by atoms with Crippen molar-refractivity contribution in [3.05, 3.63) is 46.9 Å². The summed E-state index contributed by atoms with van der Waals surface area (Å²) in [5.41, 5.74) is 0.603. The predicted octanol–water partition coefficient (Wildman–Crippen LogP) is 4.12. The van der Waals surface area contributed by atoms with Gasteiger partial charge in [0.1, 0.15) is 5.15 Å². The van der Waals surface area contributed by atoms with Crippen molar-refractivity contribution in [1.29, 1.82) is 0 Å². The van der Waals surface area contributed by atoms with Crippen LogP contribution in [0.2, 0.25) is 5.15 Å². The largest absolute Gasteiger partial charge is 0.416 e. The molecule has 94 valence electrons. The summed E-state index contributed by atoms with van der Waals surface area (Å²) >= 11 is 5.61. The lowest BCUT2D eigenvalue weighted by atomic mass is 10.1. The van der Waals surface area contributed by atoms with Gasteiger partial charge in [0.15, 0.2) is 0 Å². The van der Waals surface area contributed by atoms with Gasteiger partial charge in [0.2, 0.25) is 0 Å². The minimum atomic E-state index is -4.44. The molecule has 0 aliphatic heterocycles. The van der Waals surface area contributed by atoms with Crippen molar-refractivity contribution in [2.45, 2.75) is 13.1 Å². The molecule has 2 heterocycles. The van der Waals surface area contributed by atoms with Crippen LogP contribution in [0.25, 0.3) is 11.3 Å². The number of nitrogens with zero attached hydrogens (tertiary/aromatic N) is 2. The molecular weight excluding hydrogens is 265 g/mol. The molecule has 0 fully saturated rings. The molecule has 0 bridgehead atoms. The molecule has 0 unspecified atom stereocenters. The van der Waals surface area contributed by atoms with E-state index in [9.17, 15) is 13.2 Å². The smallest absolute Gasteiger partial charge is 0.261 e. The average Bonchev–Trinajstić information content (AvgIpc) is 2.28. The van der Waals surface area contributed by atoms with Crippen LogP contribution in [0.3, 0.4) is 0 Å². The van der Waals surface area contributed by atoms with Gasteiger partial charge in [0, 0.05) is 17.5 Å². The number of aryl methyl sites for hydroxylation is 1. The van der Waals surface area contributed by atoms with Crippen LogP contribution in [0, 0.1) is 6.92 Å². The van der Waals surface area contributed by atoms with E-state index in [2.05, 4.69) is 9.97 Å². The lowest BCUT2D eigenvalue weighted by Crippen LogP contribution is -2.05. The van der Waals surface area contributed by atoms with E-state index in [4.69, 9.17) is 11.6 Å². The standard InChI is InChI=1S/C12H8ClF3N2/c1-7-2-3-8(6-17-7)10-4-9(12(14,15)16)5-11(13)18-10/h2-6H,1H3. The summed E-state index contributed by atoms with van der Waals surface area (Å²) in [7, 11) is 0. The van der Waals surface area contributed by atoms with Gasteiger partial charge in [-0.15, -0.1) is 0 Å². The van der Waals surface area contributed by atoms with Crippen molar-refractivity contribution in [2.75, 3.05) is 0 Å². The van der Waals surface area contributed by atoms with Crippen LogP contribution in [0.1, 0.15) is 11.3 Å². The van der Waals surface area contributed by atoms with Crippen LogP contribution in [0.15, 0.2) is 30.5 Å². The number of rotatable bonds is 1. The first-order valence-corrected chi connectivity index (χ1v) is 5.42. The zero-order valence-corrected chi connectivity index (χ0v) is 10.0. The highest BCUT2D eigenvalue weighted by Gasteiger charge is 2.31. The first-order valence-electron chi connectivity index (χ1n) is 5.04. The molecule has 2 nitrogen and oxygen atoms in total. The summed E-state index contributed by atoms with van der Waals surface area (Å²) in [6.45, 7) is 1.79. The zero-order valence-electron chi connectivity index (χ0n) is 9.29. The molecule has 0 atom stereocenters. The molecule has 0 saturated heterocycles. The van der Waals surface area contributed by atoms with Crippen LogP contribution >= 0.6 is 11.6 Å². The van der Waals surface area contributed by atoms with Crippen molar-refractivity contribution >= 4 is 11.6 Å². The first kappa shape index (κ1) is 12.8. The third kappa shape index (κ3) is 2.79. The summed E-state index contributed by atoms with van der Waals surface area (Å²) in [5, 5.41) is -0.194. The fourth-order valence-electron chi connectivity index (χ4n) is 1.43. The Kier molecular flexibility index (Phi) is 3.26. The number of hydrogen-bond acceptors (Lipinski definition) is 2. The molecular formula is C12H8ClF3N2. The summed E-state index contributed by atoms with van der Waals surface area (Å²) in [6, 6.07) is 5.11. The van der Waals surface area contributed by atoms with Crippen LogP contribution < -0.4 is 0 Å². The topological polar surface area (TPSA) is 25.8 Å². The monoisotopic (exact) mass is 272 g/mol. The zero-order chi connectivity index (χ0) is 13.3. The summed E-state index contributed by atoms with van der Waals surface area (Å²) in [6.07, 6.45) is -2.98. The molecule has 0 radical (unpaired) electrons. The van der Waals surface area contributed by atoms with Gasteiger partial charge in [0.05, 0.1) is 11.3 Å². The maximum Gasteiger partial charge on any atom is 0.416 e. The minimum Gasteiger partial charge on any atom is -0.261 e. The normalized spacial score (nSPS) is 11.6. The molecule has 0 aliphatic rings. The molecule has 0 aromatic carbocycles. The average molecular weight is 273 g/mol. The predicted molar refractivity (Wildman–Crippen MR) is 62.2 cm³/mol. The number of hydrogen-bond donors (Lipinski definition) is 0. The quantitative estimate of drug-likeness (QED) is 0.730. The number of pyridine rings is 2. The molecule has 0 saturated carbocycles. The summed E-state index contributed by atoms with van der Waals surface area (Å²) in [5.74, 6) is 0. The van der Waals surface area contributed by atoms with Gasteiger partial charge in [-0.2, -0.15) is 13.2 Å². The Bertz CT molecular complexity index is 565. The lowest BCUT2D eigenvalue weighted by Gasteiger charge is -2.09. The summed E-state index contributed by atoms with van der Waals surface area (Å²) in [4.78, 5) is 7.89. The van der Waals surface area contributed by atoms with Gasteiger partial charge >= 0.3 is 6.18 Å². The van der Waals surface area contributed by atoms with Gasteiger partial charge < -0.3 is 0 Å². The molecule has 18 heavy (non-hydrogen) atoms. The Labute approximate surface area is 106 Å². The first-order chi connectivity index (χ1) is 8.36. The van der Waals surface area contributed by atoms with E-state index in [0.29, 0.717) is 5.56 Å². The van der Waals surface area contributed by atoms with E-state index in [1.54, 1.807) is 19.1 Å². The fraction of sp³-hybridized carbons (Fsp3) is 0.167. The Morgan fingerprint density at radius 2 is 1.89 bits per heavy atom. The van der Waals surface area contributed by atoms with Gasteiger partial charge in [-0.3, -0.25) is 4.98 Å². The van der Waals surface area contributed by atoms with Crippen LogP contribution in [-0.4, -0.2) is 9.97 Å². The van der Waals surface area contributed by atoms with Crippen molar-refractivity contribution in [3.8, 4) is 11.3 Å². The van der Waals surface area contributed by atoms with Crippen molar-refractivity contribution < 1.29 is 13.2 Å². The highest BCUT2D eigenvalue weighted by Crippen LogP contribution is 2.33. The van der Waals surface area contributed by atoms with Crippen molar-refractivity contribution in [2.24, 2.45) is 0 Å². The SMILES string of the molecule is Cc1ccc(-c2cc(C(F)(F)F)cc(Cl)n2)cn1. The molecule has 0 N–H and O–H groups in total. The van der Waals surface area contributed by atoms with Gasteiger partial charge in [0.25, 0.3) is 0 Å². The van der Waals surface area contributed by atoms with Gasteiger partial charge in [-0.25, -0.2) is 4.98 Å². The number of alkyl halides is 3. The van der Waals surface area contributed by atoms with E-state index in [-0.39, 0.29) is 10.8 Å². The Morgan fingerprint density at radius 1 is 1.17 bits per heavy atom. The molecule has 0 aliphatic carbocycles. The van der Waals surface area contributed by atoms with E-state index in [1.165, 1.54) is 6.20 Å². The second kappa shape index (κ2) is 4.57. The fourth-order valence-corrected chi connectivity index (χ4v) is 1.64. The second-order valence-electron chi connectivity index (χ2n) is 3.75. The van der Waals surface area contributed by atoms with E-state index >= 15 is 0 Å². The van der Waals surface area contributed by atoms with Gasteiger partial charge in [-0.05, 0) is 31.2 Å². The molecule has 0 spiro atoms.